The van der Waals surface area contributed by atoms with E-state index in [-0.39, 0.29) is 5.97 Å². The van der Waals surface area contributed by atoms with Crippen molar-refractivity contribution in [2.75, 3.05) is 26.9 Å². The molecule has 0 bridgehead atoms. The van der Waals surface area contributed by atoms with Gasteiger partial charge in [0.05, 0.1) is 6.61 Å². The molecule has 0 unspecified atom stereocenters. The number of aliphatic hydroxyl groups is 1. The van der Waals surface area contributed by atoms with E-state index in [1.807, 2.05) is 0 Å². The SMILES string of the molecule is COCCOC(=O)CCCCCCCCCCCCCCCCCCO. The van der Waals surface area contributed by atoms with E-state index >= 15 is 0 Å². The lowest BCUT2D eigenvalue weighted by Crippen LogP contribution is -2.09. The molecule has 0 heterocycles. The van der Waals surface area contributed by atoms with Crippen molar-refractivity contribution >= 4 is 5.97 Å². The van der Waals surface area contributed by atoms with Gasteiger partial charge in [0.1, 0.15) is 6.61 Å². The number of methoxy groups -OCH3 is 1. The van der Waals surface area contributed by atoms with Crippen LogP contribution in [0, 0.1) is 0 Å². The van der Waals surface area contributed by atoms with Crippen molar-refractivity contribution in [2.45, 2.75) is 109 Å². The number of aliphatic hydroxyl groups excluding tert-OH is 1. The Morgan fingerprint density at radius 2 is 1.00 bits per heavy atom. The molecule has 0 aromatic heterocycles. The van der Waals surface area contributed by atoms with Crippen LogP contribution in [-0.4, -0.2) is 38.0 Å². The second-order valence-corrected chi connectivity index (χ2v) is 7.34. The van der Waals surface area contributed by atoms with Crippen LogP contribution in [0.4, 0.5) is 0 Å². The van der Waals surface area contributed by atoms with Gasteiger partial charge in [-0.3, -0.25) is 4.79 Å². The van der Waals surface area contributed by atoms with Crippen molar-refractivity contribution in [3.63, 3.8) is 0 Å². The van der Waals surface area contributed by atoms with Crippen LogP contribution in [0.1, 0.15) is 109 Å². The molecule has 1 N–H and O–H groups in total. The predicted octanol–water partition coefficient (Wildman–Crippen LogP) is 5.80. The summed E-state index contributed by atoms with van der Waals surface area (Å²) in [5.41, 5.74) is 0. The first-order chi connectivity index (χ1) is 12.8. The molecule has 0 atom stereocenters. The van der Waals surface area contributed by atoms with Gasteiger partial charge in [0.25, 0.3) is 0 Å². The minimum Gasteiger partial charge on any atom is -0.463 e. The highest BCUT2D eigenvalue weighted by Crippen LogP contribution is 2.14. The van der Waals surface area contributed by atoms with E-state index < -0.39 is 0 Å². The Bertz CT molecular complexity index is 281. The lowest BCUT2D eigenvalue weighted by Gasteiger charge is -2.04. The fraction of sp³-hybridized carbons (Fsp3) is 0.955. The molecule has 4 heteroatoms. The van der Waals surface area contributed by atoms with E-state index in [9.17, 15) is 4.79 Å². The highest BCUT2D eigenvalue weighted by atomic mass is 16.6. The monoisotopic (exact) mass is 372 g/mol. The molecular formula is C22H44O4. The van der Waals surface area contributed by atoms with Crippen LogP contribution in [0.3, 0.4) is 0 Å². The molecule has 0 fully saturated rings. The molecule has 0 aromatic rings. The molecule has 0 aliphatic rings. The standard InChI is InChI=1S/C22H44O4/c1-25-20-21-26-22(24)18-16-14-12-10-8-6-4-2-3-5-7-9-11-13-15-17-19-23/h23H,2-21H2,1H3. The Morgan fingerprint density at radius 1 is 0.615 bits per heavy atom. The molecule has 0 saturated carbocycles. The molecule has 0 spiro atoms. The average Bonchev–Trinajstić information content (AvgIpc) is 2.64. The number of carbonyl (C=O) groups is 1. The van der Waals surface area contributed by atoms with E-state index in [1.54, 1.807) is 7.11 Å². The minimum absolute atomic E-state index is 0.0905. The van der Waals surface area contributed by atoms with Gasteiger partial charge < -0.3 is 14.6 Å². The van der Waals surface area contributed by atoms with Gasteiger partial charge in [0.2, 0.25) is 0 Å². The number of unbranched alkanes of at least 4 members (excludes halogenated alkanes) is 15. The Kier molecular flexibility index (Phi) is 21.9. The Balaban J connectivity index is 3.06. The smallest absolute Gasteiger partial charge is 0.305 e. The Hall–Kier alpha value is -0.610. The zero-order chi connectivity index (χ0) is 19.1. The minimum atomic E-state index is -0.0905. The van der Waals surface area contributed by atoms with Crippen LogP contribution in [0.2, 0.25) is 0 Å². The first kappa shape index (κ1) is 25.4. The molecule has 0 radical (unpaired) electrons. The van der Waals surface area contributed by atoms with E-state index in [0.29, 0.717) is 26.2 Å². The maximum Gasteiger partial charge on any atom is 0.305 e. The van der Waals surface area contributed by atoms with E-state index in [2.05, 4.69) is 0 Å². The lowest BCUT2D eigenvalue weighted by atomic mass is 10.0. The van der Waals surface area contributed by atoms with E-state index in [0.717, 1.165) is 19.3 Å². The van der Waals surface area contributed by atoms with Gasteiger partial charge in [-0.25, -0.2) is 0 Å². The summed E-state index contributed by atoms with van der Waals surface area (Å²) in [5.74, 6) is -0.0905. The number of hydrogen-bond donors (Lipinski definition) is 1. The molecule has 4 nitrogen and oxygen atoms in total. The third-order valence-electron chi connectivity index (χ3n) is 4.84. The van der Waals surface area contributed by atoms with Crippen LogP contribution >= 0.6 is 0 Å². The van der Waals surface area contributed by atoms with Crippen molar-refractivity contribution in [3.05, 3.63) is 0 Å². The second-order valence-electron chi connectivity index (χ2n) is 7.34. The first-order valence-corrected chi connectivity index (χ1v) is 11.1. The van der Waals surface area contributed by atoms with E-state index in [4.69, 9.17) is 14.6 Å². The van der Waals surface area contributed by atoms with Gasteiger partial charge in [-0.2, -0.15) is 0 Å². The lowest BCUT2D eigenvalue weighted by molar-refractivity contribution is -0.145. The molecule has 156 valence electrons. The maximum absolute atomic E-state index is 11.4. The first-order valence-electron chi connectivity index (χ1n) is 11.1. The third kappa shape index (κ3) is 21.4. The van der Waals surface area contributed by atoms with Crippen molar-refractivity contribution < 1.29 is 19.4 Å². The van der Waals surface area contributed by atoms with Gasteiger partial charge in [-0.15, -0.1) is 0 Å². The Labute approximate surface area is 162 Å². The molecule has 0 saturated heterocycles. The fourth-order valence-electron chi connectivity index (χ4n) is 3.17. The summed E-state index contributed by atoms with van der Waals surface area (Å²) in [6, 6.07) is 0. The van der Waals surface area contributed by atoms with Crippen molar-refractivity contribution in [3.8, 4) is 0 Å². The van der Waals surface area contributed by atoms with Crippen LogP contribution in [0.25, 0.3) is 0 Å². The quantitative estimate of drug-likeness (QED) is 0.204. The number of ether oxygens (including phenoxy) is 2. The van der Waals surface area contributed by atoms with Crippen molar-refractivity contribution in [1.29, 1.82) is 0 Å². The fourth-order valence-corrected chi connectivity index (χ4v) is 3.17. The second kappa shape index (κ2) is 22.4. The van der Waals surface area contributed by atoms with Gasteiger partial charge in [-0.1, -0.05) is 89.9 Å². The Morgan fingerprint density at radius 3 is 1.38 bits per heavy atom. The maximum atomic E-state index is 11.4. The van der Waals surface area contributed by atoms with Crippen LogP contribution in [0.15, 0.2) is 0 Å². The number of rotatable bonds is 21. The number of hydrogen-bond acceptors (Lipinski definition) is 4. The van der Waals surface area contributed by atoms with Crippen LogP contribution in [0.5, 0.6) is 0 Å². The van der Waals surface area contributed by atoms with Gasteiger partial charge in [0.15, 0.2) is 0 Å². The summed E-state index contributed by atoms with van der Waals surface area (Å²) in [6.45, 7) is 1.21. The number of esters is 1. The summed E-state index contributed by atoms with van der Waals surface area (Å²) in [7, 11) is 1.61. The molecular weight excluding hydrogens is 328 g/mol. The highest BCUT2D eigenvalue weighted by Gasteiger charge is 2.02. The highest BCUT2D eigenvalue weighted by molar-refractivity contribution is 5.69. The summed E-state index contributed by atoms with van der Waals surface area (Å²) in [6.07, 6.45) is 20.9. The van der Waals surface area contributed by atoms with Crippen molar-refractivity contribution in [2.24, 2.45) is 0 Å². The third-order valence-corrected chi connectivity index (χ3v) is 4.84. The normalized spacial score (nSPS) is 11.0. The molecule has 0 aliphatic heterocycles. The van der Waals surface area contributed by atoms with Gasteiger partial charge >= 0.3 is 5.97 Å². The zero-order valence-corrected chi connectivity index (χ0v) is 17.3. The van der Waals surface area contributed by atoms with Crippen LogP contribution in [-0.2, 0) is 14.3 Å². The van der Waals surface area contributed by atoms with Crippen molar-refractivity contribution in [1.82, 2.24) is 0 Å². The van der Waals surface area contributed by atoms with Gasteiger partial charge in [0, 0.05) is 20.1 Å². The molecule has 0 aromatic carbocycles. The van der Waals surface area contributed by atoms with Gasteiger partial charge in [-0.05, 0) is 12.8 Å². The largest absolute Gasteiger partial charge is 0.463 e. The average molecular weight is 373 g/mol. The summed E-state index contributed by atoms with van der Waals surface area (Å²) in [5, 5.41) is 8.71. The number of carbonyl (C=O) groups excluding carboxylic acids is 1. The zero-order valence-electron chi connectivity index (χ0n) is 17.3. The molecule has 0 rings (SSSR count). The summed E-state index contributed by atoms with van der Waals surface area (Å²) < 4.78 is 9.88. The topological polar surface area (TPSA) is 55.8 Å². The van der Waals surface area contributed by atoms with Crippen LogP contribution < -0.4 is 0 Å². The molecule has 0 amide bonds. The molecule has 26 heavy (non-hydrogen) atoms. The predicted molar refractivity (Wildman–Crippen MR) is 108 cm³/mol. The van der Waals surface area contributed by atoms with E-state index in [1.165, 1.54) is 83.5 Å². The summed E-state index contributed by atoms with van der Waals surface area (Å²) in [4.78, 5) is 11.4. The summed E-state index contributed by atoms with van der Waals surface area (Å²) >= 11 is 0. The molecule has 0 aliphatic carbocycles.